The molecule has 0 fully saturated rings. The van der Waals surface area contributed by atoms with Gasteiger partial charge in [0.1, 0.15) is 24.0 Å². The first-order valence-electron chi connectivity index (χ1n) is 12.4. The van der Waals surface area contributed by atoms with Gasteiger partial charge in [-0.2, -0.15) is 15.1 Å². The van der Waals surface area contributed by atoms with Crippen LogP contribution in [0, 0.1) is 11.3 Å². The van der Waals surface area contributed by atoms with Gasteiger partial charge in [-0.05, 0) is 81.5 Å². The smallest absolute Gasteiger partial charge is 0.283 e. The van der Waals surface area contributed by atoms with Crippen molar-refractivity contribution in [3.8, 4) is 17.2 Å². The third kappa shape index (κ3) is 6.13. The van der Waals surface area contributed by atoms with Crippen LogP contribution in [0.5, 0.6) is 17.2 Å². The number of nitrogens with one attached hydrogen (secondary N) is 1. The number of hydrogen-bond donors (Lipinski definition) is 1. The number of rotatable bonds is 10. The molecule has 10 heteroatoms. The number of hydrazone groups is 1. The van der Waals surface area contributed by atoms with Gasteiger partial charge in [0.2, 0.25) is 5.17 Å². The van der Waals surface area contributed by atoms with Gasteiger partial charge in [-0.1, -0.05) is 39.8 Å². The zero-order chi connectivity index (χ0) is 27.4. The lowest BCUT2D eigenvalue weighted by molar-refractivity contribution is -0.114. The highest BCUT2D eigenvalue weighted by Crippen LogP contribution is 2.38. The number of hydrogen-bond acceptors (Lipinski definition) is 7. The molecule has 2 aromatic carbocycles. The quantitative estimate of drug-likeness (QED) is 0.241. The average Bonchev–Trinajstić information content (AvgIpc) is 3.34. The van der Waals surface area contributed by atoms with Gasteiger partial charge in [0.25, 0.3) is 5.91 Å². The van der Waals surface area contributed by atoms with Gasteiger partial charge < -0.3 is 14.2 Å². The first-order valence-corrected chi connectivity index (χ1v) is 14.1. The van der Waals surface area contributed by atoms with Crippen molar-refractivity contribution in [2.45, 2.75) is 40.0 Å². The van der Waals surface area contributed by atoms with Gasteiger partial charge in [-0.15, -0.1) is 0 Å². The van der Waals surface area contributed by atoms with E-state index >= 15 is 0 Å². The number of aliphatic imine (C=N–C) groups is 1. The zero-order valence-electron chi connectivity index (χ0n) is 22.1. The number of nitrogens with zero attached hydrogens (tertiary/aromatic N) is 3. The van der Waals surface area contributed by atoms with Crippen molar-refractivity contribution >= 4 is 55.7 Å². The number of thioether (sulfide) groups is 1. The van der Waals surface area contributed by atoms with Gasteiger partial charge in [-0.3, -0.25) is 10.2 Å². The zero-order valence-corrected chi connectivity index (χ0v) is 24.5. The Bertz CT molecular complexity index is 1320. The van der Waals surface area contributed by atoms with Crippen LogP contribution in [0.15, 0.2) is 56.5 Å². The molecule has 8 nitrogen and oxygen atoms in total. The van der Waals surface area contributed by atoms with Gasteiger partial charge >= 0.3 is 0 Å². The van der Waals surface area contributed by atoms with Crippen molar-refractivity contribution in [3.05, 3.63) is 57.6 Å². The van der Waals surface area contributed by atoms with Crippen molar-refractivity contribution in [1.29, 1.82) is 5.41 Å². The molecule has 1 amide bonds. The molecule has 2 aliphatic heterocycles. The van der Waals surface area contributed by atoms with Gasteiger partial charge in [0.05, 0.1) is 17.2 Å². The Morgan fingerprint density at radius 3 is 2.50 bits per heavy atom. The topological polar surface area (TPSA) is 96.6 Å². The number of methoxy groups -OCH3 is 1. The first-order chi connectivity index (χ1) is 18.2. The summed E-state index contributed by atoms with van der Waals surface area (Å²) in [5.74, 6) is 2.02. The first kappa shape index (κ1) is 27.9. The predicted molar refractivity (Wildman–Crippen MR) is 157 cm³/mol. The van der Waals surface area contributed by atoms with Gasteiger partial charge in [0.15, 0.2) is 17.3 Å². The largest absolute Gasteiger partial charge is 0.493 e. The summed E-state index contributed by atoms with van der Waals surface area (Å²) in [4.78, 5) is 16.9. The summed E-state index contributed by atoms with van der Waals surface area (Å²) < 4.78 is 18.0. The van der Waals surface area contributed by atoms with E-state index in [-0.39, 0.29) is 17.3 Å². The second-order valence-corrected chi connectivity index (χ2v) is 11.1. The van der Waals surface area contributed by atoms with E-state index in [0.717, 1.165) is 17.2 Å². The van der Waals surface area contributed by atoms with Crippen molar-refractivity contribution in [3.63, 3.8) is 0 Å². The van der Waals surface area contributed by atoms with Crippen molar-refractivity contribution in [2.24, 2.45) is 16.0 Å². The Morgan fingerprint density at radius 2 is 1.84 bits per heavy atom. The molecule has 0 bridgehead atoms. The van der Waals surface area contributed by atoms with Crippen LogP contribution in [0.3, 0.4) is 0 Å². The van der Waals surface area contributed by atoms with E-state index in [1.165, 1.54) is 22.3 Å². The molecule has 0 aliphatic carbocycles. The van der Waals surface area contributed by atoms with Crippen LogP contribution >= 0.6 is 27.7 Å². The summed E-state index contributed by atoms with van der Waals surface area (Å²) in [5, 5.41) is 15.7. The standard InChI is InChI=1S/C28H31BrN4O4S/c1-6-17(4)19-7-9-20(10-8-19)36-11-12-37-24-22(29)14-18(15-23(24)35-5)13-21-25(30)33-28(31-26(21)34)38-27(32-33)16(2)3/h7-10,13-17,30H,6,11-12H2,1-5H3/b21-13-,30-25?. The van der Waals surface area contributed by atoms with E-state index in [0.29, 0.717) is 45.8 Å². The lowest BCUT2D eigenvalue weighted by atomic mass is 9.99. The molecule has 0 aromatic heterocycles. The highest BCUT2D eigenvalue weighted by molar-refractivity contribution is 9.10. The number of carbonyl (C=O) groups excluding carboxylic acids is 1. The molecule has 0 saturated heterocycles. The lowest BCUT2D eigenvalue weighted by Gasteiger charge is -2.20. The molecule has 2 aromatic rings. The second kappa shape index (κ2) is 12.2. The lowest BCUT2D eigenvalue weighted by Crippen LogP contribution is -2.35. The minimum Gasteiger partial charge on any atom is -0.493 e. The fourth-order valence-electron chi connectivity index (χ4n) is 3.80. The minimum atomic E-state index is -0.473. The van der Waals surface area contributed by atoms with Crippen molar-refractivity contribution in [1.82, 2.24) is 5.01 Å². The average molecular weight is 600 g/mol. The molecule has 1 atom stereocenters. The van der Waals surface area contributed by atoms with E-state index in [9.17, 15) is 4.79 Å². The molecule has 1 unspecified atom stereocenters. The molecular weight excluding hydrogens is 568 g/mol. The fraction of sp³-hybridized carbons (Fsp3) is 0.357. The Balaban J connectivity index is 1.44. The van der Waals surface area contributed by atoms with E-state index in [1.54, 1.807) is 25.3 Å². The summed E-state index contributed by atoms with van der Waals surface area (Å²) >= 11 is 4.87. The third-order valence-corrected chi connectivity index (χ3v) is 7.98. The summed E-state index contributed by atoms with van der Waals surface area (Å²) in [7, 11) is 1.55. The predicted octanol–water partition coefficient (Wildman–Crippen LogP) is 6.70. The summed E-state index contributed by atoms with van der Waals surface area (Å²) in [6.07, 6.45) is 2.71. The molecule has 4 rings (SSSR count). The highest BCUT2D eigenvalue weighted by Gasteiger charge is 2.36. The fourth-order valence-corrected chi connectivity index (χ4v) is 5.27. The van der Waals surface area contributed by atoms with Crippen molar-refractivity contribution in [2.75, 3.05) is 20.3 Å². The molecule has 2 aliphatic rings. The van der Waals surface area contributed by atoms with Crippen LogP contribution < -0.4 is 14.2 Å². The molecule has 2 heterocycles. The SMILES string of the molecule is CCC(C)c1ccc(OCCOc2c(Br)cc(/C=C3/C(=N)N4N=C(C(C)C)SC4=NC3=O)cc2OC)cc1. The number of amides is 1. The van der Waals surface area contributed by atoms with Gasteiger partial charge in [0, 0.05) is 5.92 Å². The van der Waals surface area contributed by atoms with E-state index < -0.39 is 5.91 Å². The highest BCUT2D eigenvalue weighted by atomic mass is 79.9. The van der Waals surface area contributed by atoms with Crippen LogP contribution in [0.2, 0.25) is 0 Å². The number of carbonyl (C=O) groups is 1. The normalized spacial score (nSPS) is 16.9. The summed E-state index contributed by atoms with van der Waals surface area (Å²) in [5.41, 5.74) is 2.10. The van der Waals surface area contributed by atoms with E-state index in [2.05, 4.69) is 52.0 Å². The maximum absolute atomic E-state index is 12.7. The number of amidine groups is 2. The second-order valence-electron chi connectivity index (χ2n) is 9.22. The van der Waals surface area contributed by atoms with E-state index in [4.69, 9.17) is 19.6 Å². The molecule has 0 radical (unpaired) electrons. The Hall–Kier alpha value is -3.11. The summed E-state index contributed by atoms with van der Waals surface area (Å²) in [6.45, 7) is 9.09. The number of ether oxygens (including phenoxy) is 3. The number of benzene rings is 2. The van der Waals surface area contributed by atoms with Crippen LogP contribution in [0.4, 0.5) is 0 Å². The maximum atomic E-state index is 12.7. The number of fused-ring (bicyclic) bond motifs is 1. The molecule has 0 spiro atoms. The summed E-state index contributed by atoms with van der Waals surface area (Å²) in [6, 6.07) is 11.7. The van der Waals surface area contributed by atoms with Crippen molar-refractivity contribution < 1.29 is 19.0 Å². The minimum absolute atomic E-state index is 0.00658. The Morgan fingerprint density at radius 1 is 1.13 bits per heavy atom. The molecule has 38 heavy (non-hydrogen) atoms. The third-order valence-electron chi connectivity index (χ3n) is 6.19. The molecule has 0 saturated carbocycles. The maximum Gasteiger partial charge on any atom is 0.283 e. The Labute approximate surface area is 235 Å². The van der Waals surface area contributed by atoms with E-state index in [1.807, 2.05) is 26.0 Å². The van der Waals surface area contributed by atoms with Crippen LogP contribution in [0.25, 0.3) is 6.08 Å². The van der Waals surface area contributed by atoms with Crippen LogP contribution in [-0.4, -0.2) is 47.3 Å². The van der Waals surface area contributed by atoms with Crippen LogP contribution in [-0.2, 0) is 4.79 Å². The number of halogens is 1. The molecule has 200 valence electrons. The monoisotopic (exact) mass is 598 g/mol. The molecule has 1 N–H and O–H groups in total. The molecular formula is C28H31BrN4O4S. The van der Waals surface area contributed by atoms with Crippen LogP contribution in [0.1, 0.15) is 51.2 Å². The Kier molecular flexibility index (Phi) is 8.94. The van der Waals surface area contributed by atoms with Gasteiger partial charge in [-0.25, -0.2) is 0 Å².